The highest BCUT2D eigenvalue weighted by molar-refractivity contribution is 4.75. The van der Waals surface area contributed by atoms with Crippen molar-refractivity contribution in [2.75, 3.05) is 46.7 Å². The fraction of sp³-hybridized carbons (Fsp3) is 1.00. The Morgan fingerprint density at radius 3 is 2.55 bits per heavy atom. The van der Waals surface area contributed by atoms with E-state index in [1.807, 2.05) is 0 Å². The van der Waals surface area contributed by atoms with Crippen LogP contribution in [-0.2, 0) is 18.9 Å². The smallest absolute Gasteiger partial charge is 0.0813 e. The Balaban J connectivity index is 1.88. The van der Waals surface area contributed by atoms with Crippen molar-refractivity contribution in [1.29, 1.82) is 0 Å². The second-order valence-corrected chi connectivity index (χ2v) is 5.55. The number of ether oxygens (including phenoxy) is 4. The molecule has 5 nitrogen and oxygen atoms in total. The van der Waals surface area contributed by atoms with E-state index in [0.29, 0.717) is 32.0 Å². The molecule has 0 aliphatic carbocycles. The van der Waals surface area contributed by atoms with Crippen LogP contribution in [0.15, 0.2) is 0 Å². The van der Waals surface area contributed by atoms with Crippen molar-refractivity contribution in [3.63, 3.8) is 0 Å². The topological polar surface area (TPSA) is 49.0 Å². The number of hydrogen-bond acceptors (Lipinski definition) is 5. The standard InChI is InChI=1S/C15H31NO4/c1-13(2)16-11-14-5-6-15(20-14)12-19-10-9-18-8-4-7-17-3/h13-16H,4-12H2,1-3H3. The van der Waals surface area contributed by atoms with Crippen LogP contribution in [0.4, 0.5) is 0 Å². The highest BCUT2D eigenvalue weighted by atomic mass is 16.6. The highest BCUT2D eigenvalue weighted by Crippen LogP contribution is 2.19. The zero-order chi connectivity index (χ0) is 14.6. The highest BCUT2D eigenvalue weighted by Gasteiger charge is 2.24. The normalized spacial score (nSPS) is 22.8. The number of nitrogens with one attached hydrogen (secondary N) is 1. The van der Waals surface area contributed by atoms with E-state index in [9.17, 15) is 0 Å². The van der Waals surface area contributed by atoms with Gasteiger partial charge in [0.15, 0.2) is 0 Å². The fourth-order valence-corrected chi connectivity index (χ4v) is 2.16. The zero-order valence-electron chi connectivity index (χ0n) is 13.2. The zero-order valence-corrected chi connectivity index (χ0v) is 13.2. The second kappa shape index (κ2) is 11.5. The molecule has 0 spiro atoms. The molecule has 1 N–H and O–H groups in total. The molecule has 2 unspecified atom stereocenters. The van der Waals surface area contributed by atoms with Crippen molar-refractivity contribution in [2.45, 2.75) is 51.4 Å². The molecule has 1 fully saturated rings. The van der Waals surface area contributed by atoms with Gasteiger partial charge >= 0.3 is 0 Å². The van der Waals surface area contributed by atoms with Crippen molar-refractivity contribution in [2.24, 2.45) is 0 Å². The van der Waals surface area contributed by atoms with E-state index < -0.39 is 0 Å². The average molecular weight is 289 g/mol. The molecule has 0 bridgehead atoms. The van der Waals surface area contributed by atoms with E-state index in [2.05, 4.69) is 19.2 Å². The SMILES string of the molecule is COCCCOCCOCC1CCC(CNC(C)C)O1. The van der Waals surface area contributed by atoms with Crippen molar-refractivity contribution in [3.05, 3.63) is 0 Å². The summed E-state index contributed by atoms with van der Waals surface area (Å²) in [4.78, 5) is 0. The summed E-state index contributed by atoms with van der Waals surface area (Å²) < 4.78 is 21.9. The van der Waals surface area contributed by atoms with E-state index in [1.165, 1.54) is 0 Å². The molecule has 1 saturated heterocycles. The summed E-state index contributed by atoms with van der Waals surface area (Å²) in [5.41, 5.74) is 0. The van der Waals surface area contributed by atoms with Gasteiger partial charge in [-0.15, -0.1) is 0 Å². The minimum absolute atomic E-state index is 0.252. The molecule has 5 heteroatoms. The van der Waals surface area contributed by atoms with Crippen LogP contribution in [0.2, 0.25) is 0 Å². The van der Waals surface area contributed by atoms with Gasteiger partial charge in [-0.1, -0.05) is 13.8 Å². The van der Waals surface area contributed by atoms with Gasteiger partial charge in [0.2, 0.25) is 0 Å². The van der Waals surface area contributed by atoms with Crippen LogP contribution in [0.3, 0.4) is 0 Å². The Labute approximate surface area is 123 Å². The lowest BCUT2D eigenvalue weighted by Gasteiger charge is -2.16. The number of rotatable bonds is 12. The number of hydrogen-bond donors (Lipinski definition) is 1. The first kappa shape index (κ1) is 17.9. The lowest BCUT2D eigenvalue weighted by Crippen LogP contribution is -2.32. The molecule has 1 aliphatic heterocycles. The van der Waals surface area contributed by atoms with Gasteiger partial charge in [-0.3, -0.25) is 0 Å². The summed E-state index contributed by atoms with van der Waals surface area (Å²) in [5, 5.41) is 3.41. The molecule has 0 amide bonds. The minimum atomic E-state index is 0.252. The summed E-state index contributed by atoms with van der Waals surface area (Å²) in [5.74, 6) is 0. The van der Waals surface area contributed by atoms with E-state index in [1.54, 1.807) is 7.11 Å². The maximum atomic E-state index is 5.93. The molecule has 0 aromatic carbocycles. The van der Waals surface area contributed by atoms with Crippen LogP contribution in [0.5, 0.6) is 0 Å². The summed E-state index contributed by atoms with van der Waals surface area (Å²) in [7, 11) is 1.70. The molecule has 120 valence electrons. The fourth-order valence-electron chi connectivity index (χ4n) is 2.16. The van der Waals surface area contributed by atoms with E-state index in [0.717, 1.165) is 39.0 Å². The Bertz CT molecular complexity index is 226. The molecule has 0 saturated carbocycles. The van der Waals surface area contributed by atoms with Gasteiger partial charge < -0.3 is 24.3 Å². The summed E-state index contributed by atoms with van der Waals surface area (Å²) in [6.45, 7) is 8.71. The monoisotopic (exact) mass is 289 g/mol. The van der Waals surface area contributed by atoms with Crippen LogP contribution < -0.4 is 5.32 Å². The molecule has 20 heavy (non-hydrogen) atoms. The van der Waals surface area contributed by atoms with Crippen molar-refractivity contribution >= 4 is 0 Å². The Morgan fingerprint density at radius 2 is 1.80 bits per heavy atom. The molecule has 1 aliphatic rings. The Kier molecular flexibility index (Phi) is 10.2. The maximum Gasteiger partial charge on any atom is 0.0813 e. The molecule has 1 rings (SSSR count). The van der Waals surface area contributed by atoms with E-state index >= 15 is 0 Å². The predicted octanol–water partition coefficient (Wildman–Crippen LogP) is 1.60. The molecular weight excluding hydrogens is 258 g/mol. The first-order valence-electron chi connectivity index (χ1n) is 7.75. The van der Waals surface area contributed by atoms with Crippen molar-refractivity contribution in [3.8, 4) is 0 Å². The summed E-state index contributed by atoms with van der Waals surface area (Å²) >= 11 is 0. The van der Waals surface area contributed by atoms with E-state index in [4.69, 9.17) is 18.9 Å². The quantitative estimate of drug-likeness (QED) is 0.553. The van der Waals surface area contributed by atoms with Gasteiger partial charge in [0.05, 0.1) is 32.0 Å². The van der Waals surface area contributed by atoms with Crippen LogP contribution in [0.25, 0.3) is 0 Å². The predicted molar refractivity (Wildman–Crippen MR) is 79.2 cm³/mol. The number of methoxy groups -OCH3 is 1. The Morgan fingerprint density at radius 1 is 1.05 bits per heavy atom. The van der Waals surface area contributed by atoms with Gasteiger partial charge in [-0.25, -0.2) is 0 Å². The molecule has 0 aromatic rings. The van der Waals surface area contributed by atoms with Gasteiger partial charge in [0.25, 0.3) is 0 Å². The van der Waals surface area contributed by atoms with Crippen LogP contribution in [0, 0.1) is 0 Å². The van der Waals surface area contributed by atoms with Gasteiger partial charge in [0, 0.05) is 32.9 Å². The van der Waals surface area contributed by atoms with Crippen LogP contribution in [0.1, 0.15) is 33.1 Å². The van der Waals surface area contributed by atoms with Gasteiger partial charge in [0.1, 0.15) is 0 Å². The second-order valence-electron chi connectivity index (χ2n) is 5.55. The minimum Gasteiger partial charge on any atom is -0.385 e. The first-order valence-corrected chi connectivity index (χ1v) is 7.75. The largest absolute Gasteiger partial charge is 0.385 e. The van der Waals surface area contributed by atoms with Crippen LogP contribution in [-0.4, -0.2) is 64.9 Å². The van der Waals surface area contributed by atoms with E-state index in [-0.39, 0.29) is 6.10 Å². The first-order chi connectivity index (χ1) is 9.72. The van der Waals surface area contributed by atoms with Crippen LogP contribution >= 0.6 is 0 Å². The van der Waals surface area contributed by atoms with Crippen molar-refractivity contribution in [1.82, 2.24) is 5.32 Å². The third-order valence-electron chi connectivity index (χ3n) is 3.26. The molecule has 2 atom stereocenters. The molecule has 0 aromatic heterocycles. The van der Waals surface area contributed by atoms with Crippen molar-refractivity contribution < 1.29 is 18.9 Å². The maximum absolute atomic E-state index is 5.93. The third-order valence-corrected chi connectivity index (χ3v) is 3.26. The summed E-state index contributed by atoms with van der Waals surface area (Å²) in [6, 6.07) is 0.518. The molecule has 1 heterocycles. The average Bonchev–Trinajstić information content (AvgIpc) is 2.87. The summed E-state index contributed by atoms with van der Waals surface area (Å²) in [6.07, 6.45) is 3.76. The molecule has 0 radical (unpaired) electrons. The lowest BCUT2D eigenvalue weighted by molar-refractivity contribution is -0.0296. The Hall–Kier alpha value is -0.200. The van der Waals surface area contributed by atoms with Gasteiger partial charge in [-0.2, -0.15) is 0 Å². The third kappa shape index (κ3) is 8.87. The van der Waals surface area contributed by atoms with Gasteiger partial charge in [-0.05, 0) is 19.3 Å². The molecular formula is C15H31NO4. The lowest BCUT2D eigenvalue weighted by atomic mass is 10.2.